The molecule has 0 spiro atoms. The lowest BCUT2D eigenvalue weighted by molar-refractivity contribution is 0.470. The number of phenolic OH excluding ortho intramolecular Hbond substituents is 1. The van der Waals surface area contributed by atoms with Gasteiger partial charge >= 0.3 is 0 Å². The summed E-state index contributed by atoms with van der Waals surface area (Å²) in [5.74, 6) is 0.271. The second-order valence-electron chi connectivity index (χ2n) is 2.75. The second-order valence-corrected chi connectivity index (χ2v) is 3.54. The van der Waals surface area contributed by atoms with Crippen molar-refractivity contribution in [3.8, 4) is 5.75 Å². The largest absolute Gasteiger partial charge is 0.508 e. The van der Waals surface area contributed by atoms with E-state index >= 15 is 0 Å². The van der Waals surface area contributed by atoms with Crippen molar-refractivity contribution < 1.29 is 5.11 Å². The van der Waals surface area contributed by atoms with Gasteiger partial charge in [-0.3, -0.25) is 0 Å². The molecule has 0 aromatic heterocycles. The fourth-order valence-electron chi connectivity index (χ4n) is 1.15. The Labute approximate surface area is 86.5 Å². The summed E-state index contributed by atoms with van der Waals surface area (Å²) in [6.07, 6.45) is 3.44. The smallest absolute Gasteiger partial charge is 0.120 e. The van der Waals surface area contributed by atoms with Crippen LogP contribution in [0, 0.1) is 6.92 Å². The topological polar surface area (TPSA) is 20.2 Å². The monoisotopic (exact) mass is 238 g/mol. The molecule has 0 bridgehead atoms. The molecule has 0 unspecified atom stereocenters. The Morgan fingerprint density at radius 2 is 2.00 bits per heavy atom. The van der Waals surface area contributed by atoms with Crippen LogP contribution in [0.4, 0.5) is 0 Å². The Balaban J connectivity index is 3.56. The second kappa shape index (κ2) is 3.79. The van der Waals surface area contributed by atoms with Crippen LogP contribution in [0.5, 0.6) is 5.75 Å². The molecule has 0 saturated heterocycles. The van der Waals surface area contributed by atoms with E-state index in [9.17, 15) is 5.11 Å². The number of aromatic hydroxyl groups is 1. The molecule has 68 valence electrons. The maximum Gasteiger partial charge on any atom is 0.120 e. The van der Waals surface area contributed by atoms with E-state index in [2.05, 4.69) is 29.1 Å². The minimum atomic E-state index is 0.271. The van der Waals surface area contributed by atoms with E-state index in [0.29, 0.717) is 0 Å². The summed E-state index contributed by atoms with van der Waals surface area (Å²) in [5.41, 5.74) is 2.66. The third kappa shape index (κ3) is 1.68. The highest BCUT2D eigenvalue weighted by Gasteiger charge is 2.08. The predicted molar refractivity (Wildman–Crippen MR) is 60.7 cm³/mol. The average Bonchev–Trinajstić information content (AvgIpc) is 2.13. The first-order valence-electron chi connectivity index (χ1n) is 3.88. The third-order valence-electron chi connectivity index (χ3n) is 1.98. The minimum Gasteiger partial charge on any atom is -0.508 e. The fourth-order valence-corrected chi connectivity index (χ4v) is 1.74. The van der Waals surface area contributed by atoms with Crippen molar-refractivity contribution in [2.45, 2.75) is 6.92 Å². The van der Waals surface area contributed by atoms with Crippen LogP contribution in [0.25, 0.3) is 12.2 Å². The van der Waals surface area contributed by atoms with Crippen LogP contribution in [-0.2, 0) is 0 Å². The van der Waals surface area contributed by atoms with Crippen molar-refractivity contribution in [3.63, 3.8) is 0 Å². The molecule has 13 heavy (non-hydrogen) atoms. The summed E-state index contributed by atoms with van der Waals surface area (Å²) < 4.78 is 0.873. The van der Waals surface area contributed by atoms with Crippen molar-refractivity contribution in [2.24, 2.45) is 0 Å². The molecule has 0 radical (unpaired) electrons. The van der Waals surface area contributed by atoms with Gasteiger partial charge in [-0.05, 0) is 40.0 Å². The van der Waals surface area contributed by atoms with Crippen LogP contribution in [0.1, 0.15) is 16.7 Å². The number of rotatable bonds is 2. The summed E-state index contributed by atoms with van der Waals surface area (Å²) in [6.45, 7) is 9.23. The molecule has 0 amide bonds. The van der Waals surface area contributed by atoms with Crippen molar-refractivity contribution in [1.29, 1.82) is 0 Å². The highest BCUT2D eigenvalue weighted by Crippen LogP contribution is 2.32. The molecule has 0 saturated carbocycles. The summed E-state index contributed by atoms with van der Waals surface area (Å²) in [4.78, 5) is 0. The molecule has 1 aromatic carbocycles. The average molecular weight is 239 g/mol. The summed E-state index contributed by atoms with van der Waals surface area (Å²) in [5, 5.41) is 9.52. The first-order chi connectivity index (χ1) is 6.11. The van der Waals surface area contributed by atoms with Crippen molar-refractivity contribution >= 4 is 28.1 Å². The van der Waals surface area contributed by atoms with Crippen LogP contribution in [-0.4, -0.2) is 5.11 Å². The lowest BCUT2D eigenvalue weighted by Gasteiger charge is -2.09. The van der Waals surface area contributed by atoms with Crippen LogP contribution in [0.15, 0.2) is 23.7 Å². The first-order valence-corrected chi connectivity index (χ1v) is 4.68. The molecular formula is C11H11BrO. The van der Waals surface area contributed by atoms with E-state index in [-0.39, 0.29) is 5.75 Å². The first kappa shape index (κ1) is 10.1. The zero-order valence-corrected chi connectivity index (χ0v) is 9.06. The van der Waals surface area contributed by atoms with Gasteiger partial charge in [0, 0.05) is 10.0 Å². The van der Waals surface area contributed by atoms with Gasteiger partial charge < -0.3 is 5.11 Å². The van der Waals surface area contributed by atoms with E-state index in [1.165, 1.54) is 0 Å². The van der Waals surface area contributed by atoms with Gasteiger partial charge in [-0.15, -0.1) is 0 Å². The highest BCUT2D eigenvalue weighted by molar-refractivity contribution is 9.10. The molecule has 2 heteroatoms. The fraction of sp³-hybridized carbons (Fsp3) is 0.0909. The molecule has 1 N–H and O–H groups in total. The van der Waals surface area contributed by atoms with Gasteiger partial charge in [0.1, 0.15) is 5.75 Å². The summed E-state index contributed by atoms with van der Waals surface area (Å²) in [6, 6.07) is 1.68. The molecule has 0 aliphatic carbocycles. The molecule has 1 nitrogen and oxygen atoms in total. The van der Waals surface area contributed by atoms with Crippen molar-refractivity contribution in [2.75, 3.05) is 0 Å². The summed E-state index contributed by atoms with van der Waals surface area (Å²) >= 11 is 3.40. The van der Waals surface area contributed by atoms with Gasteiger partial charge in [-0.25, -0.2) is 0 Å². The molecule has 1 aromatic rings. The number of phenols is 1. The van der Waals surface area contributed by atoms with Gasteiger partial charge in [0.05, 0.1) is 0 Å². The molecule has 0 heterocycles. The molecular weight excluding hydrogens is 228 g/mol. The Bertz CT molecular complexity index is 367. The Morgan fingerprint density at radius 3 is 2.46 bits per heavy atom. The van der Waals surface area contributed by atoms with Gasteiger partial charge in [0.2, 0.25) is 0 Å². The van der Waals surface area contributed by atoms with E-state index in [0.717, 1.165) is 21.2 Å². The molecule has 0 atom stereocenters. The number of hydrogen-bond donors (Lipinski definition) is 1. The van der Waals surface area contributed by atoms with Crippen molar-refractivity contribution in [1.82, 2.24) is 0 Å². The maximum absolute atomic E-state index is 9.52. The van der Waals surface area contributed by atoms with Crippen LogP contribution >= 0.6 is 15.9 Å². The molecule has 1 rings (SSSR count). The van der Waals surface area contributed by atoms with Gasteiger partial charge in [-0.1, -0.05) is 25.3 Å². The van der Waals surface area contributed by atoms with E-state index in [1.54, 1.807) is 18.2 Å². The van der Waals surface area contributed by atoms with E-state index < -0.39 is 0 Å². The lowest BCUT2D eigenvalue weighted by atomic mass is 10.0. The highest BCUT2D eigenvalue weighted by atomic mass is 79.9. The predicted octanol–water partition coefficient (Wildman–Crippen LogP) is 3.75. The van der Waals surface area contributed by atoms with Crippen LogP contribution in [0.3, 0.4) is 0 Å². The quantitative estimate of drug-likeness (QED) is 0.833. The van der Waals surface area contributed by atoms with E-state index in [4.69, 9.17) is 0 Å². The van der Waals surface area contributed by atoms with Crippen LogP contribution < -0.4 is 0 Å². The van der Waals surface area contributed by atoms with E-state index in [1.807, 2.05) is 6.92 Å². The number of hydrogen-bond acceptors (Lipinski definition) is 1. The molecule has 0 aliphatic rings. The van der Waals surface area contributed by atoms with Gasteiger partial charge in [-0.2, -0.15) is 0 Å². The Morgan fingerprint density at radius 1 is 1.38 bits per heavy atom. The molecule has 0 fully saturated rings. The van der Waals surface area contributed by atoms with Gasteiger partial charge in [0.25, 0.3) is 0 Å². The zero-order chi connectivity index (χ0) is 10.0. The third-order valence-corrected chi connectivity index (χ3v) is 3.00. The number of benzene rings is 1. The minimum absolute atomic E-state index is 0.271. The summed E-state index contributed by atoms with van der Waals surface area (Å²) in [7, 11) is 0. The van der Waals surface area contributed by atoms with Crippen molar-refractivity contribution in [3.05, 3.63) is 40.4 Å². The maximum atomic E-state index is 9.52. The SMILES string of the molecule is C=Cc1cc(O)c(C)c(Br)c1C=C. The molecule has 0 aliphatic heterocycles. The lowest BCUT2D eigenvalue weighted by Crippen LogP contribution is -1.87. The number of halogens is 1. The Kier molecular flexibility index (Phi) is 2.94. The standard InChI is InChI=1S/C11H11BrO/c1-4-8-6-10(13)7(3)11(12)9(8)5-2/h4-6,13H,1-2H2,3H3. The normalized spacial score (nSPS) is 9.69. The van der Waals surface area contributed by atoms with Crippen LogP contribution in [0.2, 0.25) is 0 Å². The van der Waals surface area contributed by atoms with Gasteiger partial charge in [0.15, 0.2) is 0 Å². The Hall–Kier alpha value is -1.02. The zero-order valence-electron chi connectivity index (χ0n) is 7.47.